The molecular formula is C20H24N2O2. The van der Waals surface area contributed by atoms with Gasteiger partial charge in [-0.2, -0.15) is 0 Å². The van der Waals surface area contributed by atoms with Gasteiger partial charge in [-0.25, -0.2) is 0 Å². The van der Waals surface area contributed by atoms with Gasteiger partial charge in [0.1, 0.15) is 6.04 Å². The third-order valence-electron chi connectivity index (χ3n) is 3.89. The third-order valence-corrected chi connectivity index (χ3v) is 3.89. The largest absolute Gasteiger partial charge is 0.374 e. The number of carbonyl (C=O) groups is 2. The van der Waals surface area contributed by atoms with E-state index in [1.54, 1.807) is 24.3 Å². The highest BCUT2D eigenvalue weighted by Gasteiger charge is 2.13. The van der Waals surface area contributed by atoms with Crippen LogP contribution < -0.4 is 10.6 Å². The number of benzene rings is 2. The van der Waals surface area contributed by atoms with Gasteiger partial charge >= 0.3 is 0 Å². The monoisotopic (exact) mass is 324 g/mol. The maximum Gasteiger partial charge on any atom is 0.246 e. The van der Waals surface area contributed by atoms with Gasteiger partial charge < -0.3 is 10.6 Å². The Morgan fingerprint density at radius 2 is 1.58 bits per heavy atom. The number of ketones is 1. The van der Waals surface area contributed by atoms with Crippen LogP contribution >= 0.6 is 0 Å². The average Bonchev–Trinajstić information content (AvgIpc) is 2.55. The van der Waals surface area contributed by atoms with E-state index in [4.69, 9.17) is 0 Å². The number of Topliss-reactive ketones (excluding diaryl/α,β-unsaturated/α-hetero) is 1. The second-order valence-corrected chi connectivity index (χ2v) is 6.27. The summed E-state index contributed by atoms with van der Waals surface area (Å²) in [5, 5.41) is 6.07. The Bertz CT molecular complexity index is 721. The zero-order chi connectivity index (χ0) is 17.7. The molecule has 0 radical (unpaired) electrons. The molecule has 2 rings (SSSR count). The quantitative estimate of drug-likeness (QED) is 0.772. The molecule has 2 aromatic carbocycles. The van der Waals surface area contributed by atoms with E-state index >= 15 is 0 Å². The molecule has 0 bridgehead atoms. The fourth-order valence-corrected chi connectivity index (χ4v) is 2.34. The van der Waals surface area contributed by atoms with Crippen LogP contribution in [0.25, 0.3) is 0 Å². The molecule has 126 valence electrons. The molecular weight excluding hydrogens is 300 g/mol. The lowest BCUT2D eigenvalue weighted by Crippen LogP contribution is -2.31. The molecule has 0 aliphatic carbocycles. The molecule has 1 atom stereocenters. The molecule has 24 heavy (non-hydrogen) atoms. The molecule has 0 saturated carbocycles. The first-order valence-electron chi connectivity index (χ1n) is 8.15. The van der Waals surface area contributed by atoms with Crippen LogP contribution in [0.2, 0.25) is 0 Å². The van der Waals surface area contributed by atoms with E-state index in [0.717, 1.165) is 5.69 Å². The Labute approximate surface area is 143 Å². The van der Waals surface area contributed by atoms with Crippen LogP contribution in [0.1, 0.15) is 49.5 Å². The second kappa shape index (κ2) is 7.77. The van der Waals surface area contributed by atoms with E-state index in [2.05, 4.69) is 36.6 Å². The van der Waals surface area contributed by atoms with E-state index in [0.29, 0.717) is 17.2 Å². The summed E-state index contributed by atoms with van der Waals surface area (Å²) in [5.74, 6) is 0.323. The topological polar surface area (TPSA) is 58.2 Å². The van der Waals surface area contributed by atoms with E-state index in [1.807, 2.05) is 19.1 Å². The molecule has 1 amide bonds. The highest BCUT2D eigenvalue weighted by molar-refractivity contribution is 5.97. The van der Waals surface area contributed by atoms with Crippen molar-refractivity contribution in [2.45, 2.75) is 39.7 Å². The lowest BCUT2D eigenvalue weighted by atomic mass is 10.0. The summed E-state index contributed by atoms with van der Waals surface area (Å²) in [5.41, 5.74) is 3.46. The molecule has 0 aliphatic heterocycles. The van der Waals surface area contributed by atoms with E-state index in [1.165, 1.54) is 12.5 Å². The molecule has 4 heteroatoms. The number of hydrogen-bond acceptors (Lipinski definition) is 3. The molecule has 0 spiro atoms. The summed E-state index contributed by atoms with van der Waals surface area (Å²) in [6.45, 7) is 7.62. The Morgan fingerprint density at radius 3 is 2.17 bits per heavy atom. The molecule has 2 aromatic rings. The number of amides is 1. The van der Waals surface area contributed by atoms with Crippen LogP contribution in [-0.4, -0.2) is 17.7 Å². The SMILES string of the molecule is CC(=O)c1ccc(NC(=O)[C@@H](C)Nc2cccc(C(C)C)c2)cc1. The van der Waals surface area contributed by atoms with E-state index in [-0.39, 0.29) is 17.7 Å². The molecule has 0 unspecified atom stereocenters. The van der Waals surface area contributed by atoms with Crippen LogP contribution in [0.3, 0.4) is 0 Å². The maximum absolute atomic E-state index is 12.3. The van der Waals surface area contributed by atoms with Gasteiger partial charge in [-0.05, 0) is 61.7 Å². The van der Waals surface area contributed by atoms with Crippen molar-refractivity contribution in [2.75, 3.05) is 10.6 Å². The van der Waals surface area contributed by atoms with Gasteiger partial charge in [-0.15, -0.1) is 0 Å². The number of hydrogen-bond donors (Lipinski definition) is 2. The Kier molecular flexibility index (Phi) is 5.74. The molecule has 0 heterocycles. The van der Waals surface area contributed by atoms with Gasteiger partial charge in [0.25, 0.3) is 0 Å². The smallest absolute Gasteiger partial charge is 0.246 e. The van der Waals surface area contributed by atoms with Gasteiger partial charge in [0.05, 0.1) is 0 Å². The van der Waals surface area contributed by atoms with Gasteiger partial charge in [-0.1, -0.05) is 26.0 Å². The molecule has 4 nitrogen and oxygen atoms in total. The maximum atomic E-state index is 12.3. The number of nitrogens with one attached hydrogen (secondary N) is 2. The van der Waals surface area contributed by atoms with Crippen LogP contribution in [0.4, 0.5) is 11.4 Å². The minimum atomic E-state index is -0.375. The summed E-state index contributed by atoms with van der Waals surface area (Å²) >= 11 is 0. The van der Waals surface area contributed by atoms with E-state index < -0.39 is 0 Å². The molecule has 0 fully saturated rings. The zero-order valence-corrected chi connectivity index (χ0v) is 14.6. The van der Waals surface area contributed by atoms with Crippen molar-refractivity contribution in [3.8, 4) is 0 Å². The summed E-state index contributed by atoms with van der Waals surface area (Å²) in [7, 11) is 0. The Balaban J connectivity index is 1.99. The van der Waals surface area contributed by atoms with Crippen molar-refractivity contribution in [1.29, 1.82) is 0 Å². The highest BCUT2D eigenvalue weighted by atomic mass is 16.2. The lowest BCUT2D eigenvalue weighted by molar-refractivity contribution is -0.116. The molecule has 0 aliphatic rings. The van der Waals surface area contributed by atoms with Crippen molar-refractivity contribution < 1.29 is 9.59 Å². The Morgan fingerprint density at radius 1 is 0.917 bits per heavy atom. The van der Waals surface area contributed by atoms with Gasteiger partial charge in [-0.3, -0.25) is 9.59 Å². The van der Waals surface area contributed by atoms with Crippen molar-refractivity contribution in [2.24, 2.45) is 0 Å². The molecule has 0 saturated heterocycles. The number of carbonyl (C=O) groups excluding carboxylic acids is 2. The Hall–Kier alpha value is -2.62. The first kappa shape index (κ1) is 17.7. The predicted octanol–water partition coefficient (Wildman–Crippen LogP) is 4.45. The predicted molar refractivity (Wildman–Crippen MR) is 98.7 cm³/mol. The lowest BCUT2D eigenvalue weighted by Gasteiger charge is -2.16. The fraction of sp³-hybridized carbons (Fsp3) is 0.300. The second-order valence-electron chi connectivity index (χ2n) is 6.27. The van der Waals surface area contributed by atoms with Gasteiger partial charge in [0, 0.05) is 16.9 Å². The third kappa shape index (κ3) is 4.69. The van der Waals surface area contributed by atoms with Crippen molar-refractivity contribution in [1.82, 2.24) is 0 Å². The van der Waals surface area contributed by atoms with Gasteiger partial charge in [0.2, 0.25) is 5.91 Å². The molecule has 2 N–H and O–H groups in total. The van der Waals surface area contributed by atoms with Crippen molar-refractivity contribution >= 4 is 23.1 Å². The minimum absolute atomic E-state index is 0.00736. The van der Waals surface area contributed by atoms with Crippen LogP contribution in [-0.2, 0) is 4.79 Å². The highest BCUT2D eigenvalue weighted by Crippen LogP contribution is 2.19. The first-order valence-corrected chi connectivity index (χ1v) is 8.15. The number of rotatable bonds is 6. The first-order chi connectivity index (χ1) is 11.4. The standard InChI is InChI=1S/C20H24N2O2/c1-13(2)17-6-5-7-19(12-17)21-14(3)20(24)22-18-10-8-16(9-11-18)15(4)23/h5-14,21H,1-4H3,(H,22,24)/t14-/m1/s1. The van der Waals surface area contributed by atoms with Crippen molar-refractivity contribution in [3.05, 3.63) is 59.7 Å². The normalized spacial score (nSPS) is 11.9. The zero-order valence-electron chi connectivity index (χ0n) is 14.6. The summed E-state index contributed by atoms with van der Waals surface area (Å²) in [4.78, 5) is 23.6. The van der Waals surface area contributed by atoms with Crippen molar-refractivity contribution in [3.63, 3.8) is 0 Å². The van der Waals surface area contributed by atoms with E-state index in [9.17, 15) is 9.59 Å². The fourth-order valence-electron chi connectivity index (χ4n) is 2.34. The summed E-state index contributed by atoms with van der Waals surface area (Å²) in [6.07, 6.45) is 0. The number of anilines is 2. The van der Waals surface area contributed by atoms with Crippen LogP contribution in [0.15, 0.2) is 48.5 Å². The van der Waals surface area contributed by atoms with Crippen LogP contribution in [0.5, 0.6) is 0 Å². The molecule has 0 aromatic heterocycles. The summed E-state index contributed by atoms with van der Waals surface area (Å²) < 4.78 is 0. The van der Waals surface area contributed by atoms with Crippen LogP contribution in [0, 0.1) is 0 Å². The minimum Gasteiger partial charge on any atom is -0.374 e. The average molecular weight is 324 g/mol. The van der Waals surface area contributed by atoms with Gasteiger partial charge in [0.15, 0.2) is 5.78 Å². The summed E-state index contributed by atoms with van der Waals surface area (Å²) in [6, 6.07) is 14.6.